The number of carbonyl (C=O) groups excluding carboxylic acids is 1. The topological polar surface area (TPSA) is 99.6 Å². The van der Waals surface area contributed by atoms with Gasteiger partial charge < -0.3 is 20.5 Å². The molecule has 1 saturated carbocycles. The summed E-state index contributed by atoms with van der Waals surface area (Å²) in [4.78, 5) is 14.8. The van der Waals surface area contributed by atoms with Crippen LogP contribution in [-0.2, 0) is 15.1 Å². The maximum atomic E-state index is 13.0. The number of benzene rings is 1. The average Bonchev–Trinajstić information content (AvgIpc) is 3.17. The summed E-state index contributed by atoms with van der Waals surface area (Å²) in [6, 6.07) is 9.17. The first-order chi connectivity index (χ1) is 12.0. The van der Waals surface area contributed by atoms with Crippen molar-refractivity contribution in [2.75, 3.05) is 13.1 Å². The highest BCUT2D eigenvalue weighted by Gasteiger charge is 2.48. The van der Waals surface area contributed by atoms with Gasteiger partial charge in [-0.05, 0) is 18.4 Å². The second kappa shape index (κ2) is 7.44. The lowest BCUT2D eigenvalue weighted by Crippen LogP contribution is -2.48. The number of hydrogen-bond acceptors (Lipinski definition) is 4. The van der Waals surface area contributed by atoms with E-state index in [0.29, 0.717) is 31.5 Å². The molecular weight excluding hydrogens is 318 g/mol. The van der Waals surface area contributed by atoms with Crippen molar-refractivity contribution in [3.8, 4) is 0 Å². The first-order valence-electron chi connectivity index (χ1n) is 9.09. The summed E-state index contributed by atoms with van der Waals surface area (Å²) >= 11 is 0. The van der Waals surface area contributed by atoms with E-state index in [1.54, 1.807) is 17.0 Å². The highest BCUT2D eigenvalue weighted by Crippen LogP contribution is 2.41. The van der Waals surface area contributed by atoms with Crippen LogP contribution < -0.4 is 5.73 Å². The van der Waals surface area contributed by atoms with Crippen LogP contribution in [0.3, 0.4) is 0 Å². The molecule has 25 heavy (non-hydrogen) atoms. The Morgan fingerprint density at radius 3 is 2.32 bits per heavy atom. The molecule has 136 valence electrons. The molecular formula is C19H27N3O3. The minimum absolute atomic E-state index is 0.0523. The van der Waals surface area contributed by atoms with Gasteiger partial charge in [-0.1, -0.05) is 43.2 Å². The summed E-state index contributed by atoms with van der Waals surface area (Å²) < 4.78 is 5.72. The molecule has 0 radical (unpaired) electrons. The predicted molar refractivity (Wildman–Crippen MR) is 94.9 cm³/mol. The van der Waals surface area contributed by atoms with E-state index in [1.165, 1.54) is 0 Å². The Balaban J connectivity index is 1.73. The Labute approximate surface area is 148 Å². The van der Waals surface area contributed by atoms with E-state index in [-0.39, 0.29) is 18.0 Å². The largest absolute Gasteiger partial charge is 0.460 e. The lowest BCUT2D eigenvalue weighted by Gasteiger charge is -2.36. The number of carbonyl (C=O) groups is 1. The van der Waals surface area contributed by atoms with Gasteiger partial charge in [0.25, 0.3) is 0 Å². The second-order valence-corrected chi connectivity index (χ2v) is 7.09. The van der Waals surface area contributed by atoms with Crippen molar-refractivity contribution in [2.24, 2.45) is 11.7 Å². The van der Waals surface area contributed by atoms with E-state index < -0.39 is 11.6 Å². The number of nitrogens with one attached hydrogen (secondary N) is 1. The van der Waals surface area contributed by atoms with Gasteiger partial charge in [-0.2, -0.15) is 0 Å². The number of piperidine rings is 1. The molecule has 6 heteroatoms. The normalized spacial score (nSPS) is 21.7. The Bertz CT molecular complexity index is 608. The first kappa shape index (κ1) is 17.7. The van der Waals surface area contributed by atoms with Crippen molar-refractivity contribution >= 4 is 11.9 Å². The lowest BCUT2D eigenvalue weighted by atomic mass is 9.80. The molecule has 1 saturated heterocycles. The van der Waals surface area contributed by atoms with Crippen molar-refractivity contribution in [1.29, 1.82) is 5.41 Å². The zero-order chi connectivity index (χ0) is 17.9. The number of likely N-dealkylation sites (tertiary alicyclic amines) is 1. The number of aliphatic hydroxyl groups is 1. The molecule has 6 nitrogen and oxygen atoms in total. The van der Waals surface area contributed by atoms with Crippen molar-refractivity contribution in [3.05, 3.63) is 35.9 Å². The fraction of sp³-hybridized carbons (Fsp3) is 0.579. The smallest absolute Gasteiger partial charge is 0.343 e. The van der Waals surface area contributed by atoms with Gasteiger partial charge in [0.1, 0.15) is 6.10 Å². The molecule has 3 rings (SSSR count). The molecule has 2 fully saturated rings. The van der Waals surface area contributed by atoms with E-state index in [0.717, 1.165) is 25.7 Å². The van der Waals surface area contributed by atoms with Gasteiger partial charge in [-0.3, -0.25) is 5.41 Å². The Kier molecular flexibility index (Phi) is 5.27. The molecule has 1 aliphatic carbocycles. The molecule has 0 spiro atoms. The standard InChI is InChI=1S/C19H27N3O3/c20-18(21)22-12-10-16(11-13-22)25-17(23)19(24,15-8-4-5-9-15)14-6-2-1-3-7-14/h1-3,6-7,15-16,24H,4-5,8-13H2,(H3,20,21)/t19-/m0/s1. The third-order valence-electron chi connectivity index (χ3n) is 5.53. The fourth-order valence-electron chi connectivity index (χ4n) is 4.01. The van der Waals surface area contributed by atoms with Crippen LogP contribution in [0.2, 0.25) is 0 Å². The van der Waals surface area contributed by atoms with Crippen LogP contribution in [0.5, 0.6) is 0 Å². The quantitative estimate of drug-likeness (QED) is 0.440. The van der Waals surface area contributed by atoms with E-state index >= 15 is 0 Å². The molecule has 1 heterocycles. The van der Waals surface area contributed by atoms with Crippen LogP contribution >= 0.6 is 0 Å². The summed E-state index contributed by atoms with van der Waals surface area (Å²) in [5, 5.41) is 18.9. The van der Waals surface area contributed by atoms with Gasteiger partial charge >= 0.3 is 5.97 Å². The molecule has 0 unspecified atom stereocenters. The third kappa shape index (κ3) is 3.63. The van der Waals surface area contributed by atoms with Gasteiger partial charge in [0, 0.05) is 31.8 Å². The van der Waals surface area contributed by atoms with Crippen molar-refractivity contribution in [1.82, 2.24) is 4.90 Å². The maximum absolute atomic E-state index is 13.0. The molecule has 2 aliphatic rings. The fourth-order valence-corrected chi connectivity index (χ4v) is 4.01. The number of nitrogens with zero attached hydrogens (tertiary/aromatic N) is 1. The Hall–Kier alpha value is -2.08. The van der Waals surface area contributed by atoms with Crippen LogP contribution in [-0.4, -0.2) is 41.1 Å². The monoisotopic (exact) mass is 345 g/mol. The number of nitrogens with two attached hydrogens (primary N) is 1. The van der Waals surface area contributed by atoms with Gasteiger partial charge in [-0.25, -0.2) is 4.79 Å². The first-order valence-corrected chi connectivity index (χ1v) is 9.09. The Morgan fingerprint density at radius 2 is 1.76 bits per heavy atom. The zero-order valence-corrected chi connectivity index (χ0v) is 14.5. The van der Waals surface area contributed by atoms with Gasteiger partial charge in [0.2, 0.25) is 0 Å². The number of ether oxygens (including phenoxy) is 1. The number of esters is 1. The molecule has 1 aliphatic heterocycles. The van der Waals surface area contributed by atoms with Crippen molar-refractivity contribution in [3.63, 3.8) is 0 Å². The third-order valence-corrected chi connectivity index (χ3v) is 5.53. The minimum Gasteiger partial charge on any atom is -0.460 e. The highest BCUT2D eigenvalue weighted by atomic mass is 16.6. The molecule has 1 aromatic rings. The average molecular weight is 345 g/mol. The summed E-state index contributed by atoms with van der Waals surface area (Å²) in [5.41, 5.74) is 4.55. The van der Waals surface area contributed by atoms with E-state index in [1.807, 2.05) is 18.2 Å². The number of hydrogen-bond donors (Lipinski definition) is 3. The van der Waals surface area contributed by atoms with E-state index in [2.05, 4.69) is 0 Å². The molecule has 0 aromatic heterocycles. The second-order valence-electron chi connectivity index (χ2n) is 7.09. The molecule has 4 N–H and O–H groups in total. The summed E-state index contributed by atoms with van der Waals surface area (Å²) in [6.07, 6.45) is 4.75. The number of rotatable bonds is 4. The van der Waals surface area contributed by atoms with Crippen molar-refractivity contribution < 1.29 is 14.6 Å². The van der Waals surface area contributed by atoms with Gasteiger partial charge in [-0.15, -0.1) is 0 Å². The predicted octanol–water partition coefficient (Wildman–Crippen LogP) is 1.97. The lowest BCUT2D eigenvalue weighted by molar-refractivity contribution is -0.181. The number of guanidine groups is 1. The Morgan fingerprint density at radius 1 is 1.16 bits per heavy atom. The van der Waals surface area contributed by atoms with Gasteiger partial charge in [0.05, 0.1) is 0 Å². The summed E-state index contributed by atoms with van der Waals surface area (Å²) in [6.45, 7) is 1.20. The van der Waals surface area contributed by atoms with Crippen molar-refractivity contribution in [2.45, 2.75) is 50.2 Å². The maximum Gasteiger partial charge on any atom is 0.343 e. The molecule has 0 bridgehead atoms. The van der Waals surface area contributed by atoms with Gasteiger partial charge in [0.15, 0.2) is 11.6 Å². The minimum atomic E-state index is -1.57. The van der Waals surface area contributed by atoms with E-state index in [9.17, 15) is 9.90 Å². The van der Waals surface area contributed by atoms with Crippen LogP contribution in [0.1, 0.15) is 44.1 Å². The summed E-state index contributed by atoms with van der Waals surface area (Å²) in [7, 11) is 0. The molecule has 1 aromatic carbocycles. The SMILES string of the molecule is N=C(N)N1CCC(OC(=O)[C@](O)(c2ccccc2)C2CCCC2)CC1. The molecule has 0 amide bonds. The highest BCUT2D eigenvalue weighted by molar-refractivity contribution is 5.82. The summed E-state index contributed by atoms with van der Waals surface area (Å²) in [5.74, 6) is -0.580. The van der Waals surface area contributed by atoms with Crippen LogP contribution in [0.15, 0.2) is 30.3 Å². The van der Waals surface area contributed by atoms with E-state index in [4.69, 9.17) is 15.9 Å². The van der Waals surface area contributed by atoms with Crippen LogP contribution in [0, 0.1) is 11.3 Å². The van der Waals surface area contributed by atoms with Crippen LogP contribution in [0.25, 0.3) is 0 Å². The zero-order valence-electron chi connectivity index (χ0n) is 14.5. The molecule has 1 atom stereocenters. The van der Waals surface area contributed by atoms with Crippen LogP contribution in [0.4, 0.5) is 0 Å².